The summed E-state index contributed by atoms with van der Waals surface area (Å²) >= 11 is 0. The van der Waals surface area contributed by atoms with E-state index >= 15 is 0 Å². The van der Waals surface area contributed by atoms with Crippen molar-refractivity contribution in [2.24, 2.45) is 5.92 Å². The maximum absolute atomic E-state index is 12.9. The maximum Gasteiger partial charge on any atom is 0.416 e. The number of hydrogen-bond donors (Lipinski definition) is 0. The molecule has 0 unspecified atom stereocenters. The summed E-state index contributed by atoms with van der Waals surface area (Å²) in [5, 5.41) is 1.57. The first-order valence-corrected chi connectivity index (χ1v) is 7.44. The van der Waals surface area contributed by atoms with E-state index in [1.165, 1.54) is 12.1 Å². The Balaban J connectivity index is 1.67. The normalized spacial score (nSPS) is 30.6. The minimum atomic E-state index is -4.55. The Bertz CT molecular complexity index is 708. The highest BCUT2D eigenvalue weighted by Crippen LogP contribution is 2.40. The third-order valence-electron chi connectivity index (χ3n) is 4.51. The van der Waals surface area contributed by atoms with Gasteiger partial charge in [0.05, 0.1) is 36.4 Å². The van der Waals surface area contributed by atoms with Crippen molar-refractivity contribution in [3.63, 3.8) is 0 Å². The van der Waals surface area contributed by atoms with E-state index < -0.39 is 41.6 Å². The lowest BCUT2D eigenvalue weighted by Crippen LogP contribution is -2.46. The van der Waals surface area contributed by atoms with E-state index in [0.29, 0.717) is 13.2 Å². The molecule has 3 aliphatic rings. The first-order chi connectivity index (χ1) is 11.4. The standard InChI is InChI=1S/C15H13F3N2O4/c16-15(17,18)8-2-1-3-9(6-8)20-13(21)11-10-7-23-5-4-19(10)24-12(11)14(20)22/h1-3,6,10-12H,4-5,7H2/t10-,11+,12-/m1/s1. The van der Waals surface area contributed by atoms with Gasteiger partial charge in [-0.05, 0) is 18.2 Å². The van der Waals surface area contributed by atoms with Gasteiger partial charge in [-0.3, -0.25) is 14.4 Å². The van der Waals surface area contributed by atoms with Crippen LogP contribution in [0, 0.1) is 5.92 Å². The van der Waals surface area contributed by atoms with Gasteiger partial charge in [0, 0.05) is 6.54 Å². The molecule has 0 aliphatic carbocycles. The minimum Gasteiger partial charge on any atom is -0.378 e. The van der Waals surface area contributed by atoms with Crippen LogP contribution in [0.1, 0.15) is 5.56 Å². The Morgan fingerprint density at radius 1 is 1.17 bits per heavy atom. The van der Waals surface area contributed by atoms with Gasteiger partial charge in [0.2, 0.25) is 5.91 Å². The number of benzene rings is 1. The molecule has 0 radical (unpaired) electrons. The van der Waals surface area contributed by atoms with Crippen LogP contribution in [0.15, 0.2) is 24.3 Å². The van der Waals surface area contributed by atoms with Gasteiger partial charge in [0.1, 0.15) is 0 Å². The predicted molar refractivity (Wildman–Crippen MR) is 73.6 cm³/mol. The lowest BCUT2D eigenvalue weighted by Gasteiger charge is -2.30. The Kier molecular flexibility index (Phi) is 3.41. The number of alkyl halides is 3. The number of fused-ring (bicyclic) bond motifs is 3. The summed E-state index contributed by atoms with van der Waals surface area (Å²) in [5.41, 5.74) is -1.01. The summed E-state index contributed by atoms with van der Waals surface area (Å²) in [7, 11) is 0. The molecule has 9 heteroatoms. The van der Waals surface area contributed by atoms with Crippen LogP contribution >= 0.6 is 0 Å². The van der Waals surface area contributed by atoms with Crippen molar-refractivity contribution in [3.05, 3.63) is 29.8 Å². The van der Waals surface area contributed by atoms with Crippen LogP contribution in [0.25, 0.3) is 0 Å². The lowest BCUT2D eigenvalue weighted by atomic mass is 9.97. The Morgan fingerprint density at radius 2 is 1.96 bits per heavy atom. The summed E-state index contributed by atoms with van der Waals surface area (Å²) in [6.45, 7) is 1.13. The number of ether oxygens (including phenoxy) is 1. The van der Waals surface area contributed by atoms with Gasteiger partial charge >= 0.3 is 6.18 Å². The molecular weight excluding hydrogens is 329 g/mol. The molecule has 6 nitrogen and oxygen atoms in total. The number of morpholine rings is 1. The van der Waals surface area contributed by atoms with Gasteiger partial charge in [0.25, 0.3) is 5.91 Å². The highest BCUT2D eigenvalue weighted by Gasteiger charge is 2.60. The van der Waals surface area contributed by atoms with E-state index in [9.17, 15) is 22.8 Å². The van der Waals surface area contributed by atoms with Crippen molar-refractivity contribution < 1.29 is 32.3 Å². The second kappa shape index (κ2) is 5.27. The Labute approximate surface area is 134 Å². The van der Waals surface area contributed by atoms with Crippen molar-refractivity contribution >= 4 is 17.5 Å². The van der Waals surface area contributed by atoms with Crippen LogP contribution in [0.4, 0.5) is 18.9 Å². The van der Waals surface area contributed by atoms with Crippen molar-refractivity contribution in [1.29, 1.82) is 0 Å². The van der Waals surface area contributed by atoms with Crippen LogP contribution in [-0.2, 0) is 25.3 Å². The average Bonchev–Trinajstić information content (AvgIpc) is 3.03. The number of hydrogen-bond acceptors (Lipinski definition) is 5. The molecule has 3 aliphatic heterocycles. The number of hydroxylamine groups is 2. The molecule has 0 aromatic heterocycles. The molecule has 3 heterocycles. The topological polar surface area (TPSA) is 59.1 Å². The molecule has 1 aromatic rings. The average molecular weight is 342 g/mol. The fourth-order valence-electron chi connectivity index (χ4n) is 3.39. The lowest BCUT2D eigenvalue weighted by molar-refractivity contribution is -0.197. The van der Waals surface area contributed by atoms with Crippen LogP contribution in [0.3, 0.4) is 0 Å². The number of anilines is 1. The maximum atomic E-state index is 12.9. The summed E-state index contributed by atoms with van der Waals surface area (Å²) in [6, 6.07) is 3.77. The molecule has 3 saturated heterocycles. The number of carbonyl (C=O) groups excluding carboxylic acids is 2. The smallest absolute Gasteiger partial charge is 0.378 e. The molecule has 128 valence electrons. The fraction of sp³-hybridized carbons (Fsp3) is 0.467. The number of nitrogens with zero attached hydrogens (tertiary/aromatic N) is 2. The number of imide groups is 1. The molecule has 3 atom stereocenters. The minimum absolute atomic E-state index is 0.0962. The van der Waals surface area contributed by atoms with Crippen molar-refractivity contribution in [3.8, 4) is 0 Å². The third kappa shape index (κ3) is 2.23. The monoisotopic (exact) mass is 342 g/mol. The molecule has 24 heavy (non-hydrogen) atoms. The second-order valence-electron chi connectivity index (χ2n) is 5.89. The zero-order chi connectivity index (χ0) is 17.1. The van der Waals surface area contributed by atoms with Gasteiger partial charge in [-0.25, -0.2) is 4.90 Å². The van der Waals surface area contributed by atoms with Gasteiger partial charge in [-0.15, -0.1) is 0 Å². The van der Waals surface area contributed by atoms with Crippen LogP contribution in [-0.4, -0.2) is 48.8 Å². The second-order valence-corrected chi connectivity index (χ2v) is 5.89. The summed E-state index contributed by atoms with van der Waals surface area (Å²) < 4.78 is 43.9. The highest BCUT2D eigenvalue weighted by molar-refractivity contribution is 6.23. The zero-order valence-electron chi connectivity index (χ0n) is 12.3. The van der Waals surface area contributed by atoms with E-state index in [4.69, 9.17) is 9.57 Å². The molecule has 0 bridgehead atoms. The van der Waals surface area contributed by atoms with Gasteiger partial charge in [-0.1, -0.05) is 6.07 Å². The quantitative estimate of drug-likeness (QED) is 0.718. The van der Waals surface area contributed by atoms with Gasteiger partial charge in [-0.2, -0.15) is 18.2 Å². The Hall–Kier alpha value is -1.97. The van der Waals surface area contributed by atoms with E-state index in [0.717, 1.165) is 17.0 Å². The molecule has 1 aromatic carbocycles. The van der Waals surface area contributed by atoms with Crippen molar-refractivity contribution in [2.45, 2.75) is 18.3 Å². The van der Waals surface area contributed by atoms with E-state index in [1.807, 2.05) is 0 Å². The third-order valence-corrected chi connectivity index (χ3v) is 4.51. The molecule has 0 N–H and O–H groups in total. The molecule has 4 rings (SSSR count). The molecule has 0 spiro atoms. The molecule has 0 saturated carbocycles. The van der Waals surface area contributed by atoms with Crippen LogP contribution in [0.5, 0.6) is 0 Å². The van der Waals surface area contributed by atoms with Crippen molar-refractivity contribution in [1.82, 2.24) is 5.06 Å². The SMILES string of the molecule is O=C1[C@H]2[C@H]3COCCN3O[C@H]2C(=O)N1c1cccc(C(F)(F)F)c1. The number of carbonyl (C=O) groups is 2. The summed E-state index contributed by atoms with van der Waals surface area (Å²) in [4.78, 5) is 31.5. The van der Waals surface area contributed by atoms with Crippen LogP contribution in [0.2, 0.25) is 0 Å². The van der Waals surface area contributed by atoms with E-state index in [-0.39, 0.29) is 12.3 Å². The first-order valence-electron chi connectivity index (χ1n) is 7.44. The Morgan fingerprint density at radius 3 is 2.71 bits per heavy atom. The molecule has 3 fully saturated rings. The fourth-order valence-corrected chi connectivity index (χ4v) is 3.39. The molecule has 2 amide bonds. The van der Waals surface area contributed by atoms with Gasteiger partial charge < -0.3 is 4.74 Å². The first kappa shape index (κ1) is 15.6. The van der Waals surface area contributed by atoms with E-state index in [1.54, 1.807) is 5.06 Å². The zero-order valence-corrected chi connectivity index (χ0v) is 12.3. The highest BCUT2D eigenvalue weighted by atomic mass is 19.4. The largest absolute Gasteiger partial charge is 0.416 e. The predicted octanol–water partition coefficient (Wildman–Crippen LogP) is 1.21. The van der Waals surface area contributed by atoms with Gasteiger partial charge in [0.15, 0.2) is 6.10 Å². The number of rotatable bonds is 1. The number of halogens is 3. The number of amides is 2. The molecular formula is C15H13F3N2O4. The van der Waals surface area contributed by atoms with Crippen molar-refractivity contribution in [2.75, 3.05) is 24.7 Å². The summed E-state index contributed by atoms with van der Waals surface area (Å²) in [5.74, 6) is -1.95. The summed E-state index contributed by atoms with van der Waals surface area (Å²) in [6.07, 6.45) is -5.55. The van der Waals surface area contributed by atoms with Crippen LogP contribution < -0.4 is 4.90 Å². The van der Waals surface area contributed by atoms with E-state index in [2.05, 4.69) is 0 Å².